The van der Waals surface area contributed by atoms with Crippen molar-refractivity contribution in [3.05, 3.63) is 45.9 Å². The normalized spacial score (nSPS) is 10.9. The molecule has 5 nitrogen and oxygen atoms in total. The fourth-order valence-corrected chi connectivity index (χ4v) is 2.07. The summed E-state index contributed by atoms with van der Waals surface area (Å²) >= 11 is 0. The van der Waals surface area contributed by atoms with Crippen LogP contribution in [0.25, 0.3) is 11.4 Å². The summed E-state index contributed by atoms with van der Waals surface area (Å²) in [4.78, 5) is 19.1. The molecule has 1 aromatic heterocycles. The highest BCUT2D eigenvalue weighted by Gasteiger charge is 2.07. The predicted molar refractivity (Wildman–Crippen MR) is 83.6 cm³/mol. The van der Waals surface area contributed by atoms with Gasteiger partial charge in [0.1, 0.15) is 11.6 Å². The molecule has 0 amide bonds. The van der Waals surface area contributed by atoms with Crippen molar-refractivity contribution >= 4 is 0 Å². The highest BCUT2D eigenvalue weighted by atomic mass is 16.5. The summed E-state index contributed by atoms with van der Waals surface area (Å²) < 4.78 is 5.25. The van der Waals surface area contributed by atoms with Crippen LogP contribution in [0.1, 0.15) is 25.1 Å². The van der Waals surface area contributed by atoms with Crippen LogP contribution in [-0.2, 0) is 6.54 Å². The van der Waals surface area contributed by atoms with Crippen LogP contribution in [0, 0.1) is 6.92 Å². The lowest BCUT2D eigenvalue weighted by atomic mass is 10.1. The van der Waals surface area contributed by atoms with Crippen molar-refractivity contribution in [3.63, 3.8) is 0 Å². The van der Waals surface area contributed by atoms with Gasteiger partial charge in [-0.25, -0.2) is 4.98 Å². The summed E-state index contributed by atoms with van der Waals surface area (Å²) in [6.45, 7) is 6.65. The summed E-state index contributed by atoms with van der Waals surface area (Å²) in [6, 6.07) is 7.59. The lowest BCUT2D eigenvalue weighted by Gasteiger charge is -2.10. The molecule has 0 aliphatic heterocycles. The van der Waals surface area contributed by atoms with E-state index >= 15 is 0 Å². The van der Waals surface area contributed by atoms with Gasteiger partial charge in [-0.3, -0.25) is 4.79 Å². The van der Waals surface area contributed by atoms with Gasteiger partial charge in [0.25, 0.3) is 5.56 Å². The van der Waals surface area contributed by atoms with E-state index in [0.29, 0.717) is 18.4 Å². The van der Waals surface area contributed by atoms with Crippen LogP contribution in [0.3, 0.4) is 0 Å². The zero-order valence-corrected chi connectivity index (χ0v) is 12.9. The topological polar surface area (TPSA) is 67.0 Å². The van der Waals surface area contributed by atoms with Crippen molar-refractivity contribution in [1.82, 2.24) is 15.3 Å². The van der Waals surface area contributed by atoms with E-state index in [1.165, 1.54) is 6.07 Å². The Hall–Kier alpha value is -2.14. The molecular formula is C16H21N3O2. The molecular weight excluding hydrogens is 266 g/mol. The maximum absolute atomic E-state index is 11.8. The molecule has 0 saturated carbocycles. The van der Waals surface area contributed by atoms with E-state index in [9.17, 15) is 4.79 Å². The third-order valence-electron chi connectivity index (χ3n) is 3.15. The number of aromatic amines is 1. The zero-order valence-electron chi connectivity index (χ0n) is 12.9. The number of hydrogen-bond donors (Lipinski definition) is 2. The molecule has 0 aliphatic carbocycles. The van der Waals surface area contributed by atoms with Crippen molar-refractivity contribution in [1.29, 1.82) is 0 Å². The largest absolute Gasteiger partial charge is 0.496 e. The molecule has 2 rings (SSSR count). The maximum Gasteiger partial charge on any atom is 0.251 e. The lowest BCUT2D eigenvalue weighted by molar-refractivity contribution is 0.412. The first-order valence-electron chi connectivity index (χ1n) is 6.98. The molecule has 21 heavy (non-hydrogen) atoms. The third-order valence-corrected chi connectivity index (χ3v) is 3.15. The van der Waals surface area contributed by atoms with Gasteiger partial charge in [0.05, 0.1) is 12.8 Å². The summed E-state index contributed by atoms with van der Waals surface area (Å²) in [5.74, 6) is 1.40. The van der Waals surface area contributed by atoms with E-state index in [4.69, 9.17) is 4.74 Å². The fraction of sp³-hybridized carbons (Fsp3) is 0.375. The second-order valence-corrected chi connectivity index (χ2v) is 5.31. The van der Waals surface area contributed by atoms with Crippen LogP contribution in [0.4, 0.5) is 0 Å². The van der Waals surface area contributed by atoms with Crippen molar-refractivity contribution in [2.24, 2.45) is 0 Å². The first-order chi connectivity index (χ1) is 9.99. The smallest absolute Gasteiger partial charge is 0.251 e. The van der Waals surface area contributed by atoms with Crippen molar-refractivity contribution in [2.45, 2.75) is 33.4 Å². The fourth-order valence-electron chi connectivity index (χ4n) is 2.07. The van der Waals surface area contributed by atoms with Crippen LogP contribution >= 0.6 is 0 Å². The van der Waals surface area contributed by atoms with E-state index in [0.717, 1.165) is 22.6 Å². The molecule has 2 N–H and O–H groups in total. The molecule has 0 unspecified atom stereocenters. The molecule has 0 bridgehead atoms. The van der Waals surface area contributed by atoms with Gasteiger partial charge in [-0.15, -0.1) is 0 Å². The van der Waals surface area contributed by atoms with E-state index in [-0.39, 0.29) is 5.56 Å². The molecule has 0 aliphatic rings. The molecule has 5 heteroatoms. The molecule has 0 saturated heterocycles. The third kappa shape index (κ3) is 3.92. The molecule has 2 aromatic rings. The highest BCUT2D eigenvalue weighted by Crippen LogP contribution is 2.23. The SMILES string of the molecule is COc1ccc(-c2nc(CNC(C)C)cc(=O)[nH]2)cc1C. The second-order valence-electron chi connectivity index (χ2n) is 5.31. The summed E-state index contributed by atoms with van der Waals surface area (Å²) in [6.07, 6.45) is 0. The Labute approximate surface area is 124 Å². The summed E-state index contributed by atoms with van der Waals surface area (Å²) in [7, 11) is 1.64. The number of H-pyrrole nitrogens is 1. The number of rotatable bonds is 5. The maximum atomic E-state index is 11.8. The van der Waals surface area contributed by atoms with Gasteiger partial charge < -0.3 is 15.0 Å². The van der Waals surface area contributed by atoms with E-state index in [1.54, 1.807) is 7.11 Å². The Balaban J connectivity index is 2.35. The molecule has 0 spiro atoms. The first kappa shape index (κ1) is 15.3. The zero-order chi connectivity index (χ0) is 15.4. The van der Waals surface area contributed by atoms with Crippen molar-refractivity contribution in [2.75, 3.05) is 7.11 Å². The second kappa shape index (κ2) is 6.54. The van der Waals surface area contributed by atoms with Gasteiger partial charge in [0, 0.05) is 24.2 Å². The number of hydrogen-bond acceptors (Lipinski definition) is 4. The number of aryl methyl sites for hydroxylation is 1. The number of nitrogens with one attached hydrogen (secondary N) is 2. The van der Waals surface area contributed by atoms with Crippen LogP contribution in [0.2, 0.25) is 0 Å². The van der Waals surface area contributed by atoms with Gasteiger partial charge in [-0.2, -0.15) is 0 Å². The highest BCUT2D eigenvalue weighted by molar-refractivity contribution is 5.58. The van der Waals surface area contributed by atoms with E-state index in [1.807, 2.05) is 25.1 Å². The quantitative estimate of drug-likeness (QED) is 0.885. The number of methoxy groups -OCH3 is 1. The number of ether oxygens (including phenoxy) is 1. The lowest BCUT2D eigenvalue weighted by Crippen LogP contribution is -2.24. The Bertz CT molecular complexity index is 677. The minimum atomic E-state index is -0.144. The van der Waals surface area contributed by atoms with Gasteiger partial charge in [-0.1, -0.05) is 13.8 Å². The Morgan fingerprint density at radius 3 is 2.71 bits per heavy atom. The summed E-state index contributed by atoms with van der Waals surface area (Å²) in [5.41, 5.74) is 2.46. The summed E-state index contributed by atoms with van der Waals surface area (Å²) in [5, 5.41) is 3.26. The van der Waals surface area contributed by atoms with Crippen LogP contribution in [-0.4, -0.2) is 23.1 Å². The van der Waals surface area contributed by atoms with Crippen LogP contribution < -0.4 is 15.6 Å². The Morgan fingerprint density at radius 1 is 1.33 bits per heavy atom. The average Bonchev–Trinajstić information content (AvgIpc) is 2.44. The number of aromatic nitrogens is 2. The van der Waals surface area contributed by atoms with Gasteiger partial charge >= 0.3 is 0 Å². The molecule has 0 atom stereocenters. The number of benzene rings is 1. The predicted octanol–water partition coefficient (Wildman–Crippen LogP) is 2.25. The molecule has 0 fully saturated rings. The average molecular weight is 287 g/mol. The van der Waals surface area contributed by atoms with Crippen molar-refractivity contribution < 1.29 is 4.74 Å². The van der Waals surface area contributed by atoms with Gasteiger partial charge in [0.2, 0.25) is 0 Å². The standard InChI is InChI=1S/C16H21N3O2/c1-10(2)17-9-13-8-15(20)19-16(18-13)12-5-6-14(21-4)11(3)7-12/h5-8,10,17H,9H2,1-4H3,(H,18,19,20). The van der Waals surface area contributed by atoms with Crippen LogP contribution in [0.15, 0.2) is 29.1 Å². The first-order valence-corrected chi connectivity index (χ1v) is 6.98. The Kier molecular flexibility index (Phi) is 4.75. The van der Waals surface area contributed by atoms with Crippen LogP contribution in [0.5, 0.6) is 5.75 Å². The van der Waals surface area contributed by atoms with E-state index in [2.05, 4.69) is 29.1 Å². The molecule has 112 valence electrons. The minimum absolute atomic E-state index is 0.144. The monoisotopic (exact) mass is 287 g/mol. The molecule has 1 heterocycles. The molecule has 1 aromatic carbocycles. The van der Waals surface area contributed by atoms with Gasteiger partial charge in [-0.05, 0) is 30.7 Å². The van der Waals surface area contributed by atoms with E-state index < -0.39 is 0 Å². The molecule has 0 radical (unpaired) electrons. The Morgan fingerprint density at radius 2 is 2.10 bits per heavy atom. The van der Waals surface area contributed by atoms with Crippen molar-refractivity contribution in [3.8, 4) is 17.1 Å². The number of nitrogens with zero attached hydrogens (tertiary/aromatic N) is 1. The van der Waals surface area contributed by atoms with Gasteiger partial charge in [0.15, 0.2) is 0 Å². The minimum Gasteiger partial charge on any atom is -0.496 e.